The summed E-state index contributed by atoms with van der Waals surface area (Å²) in [6.45, 7) is 2.53. The van der Waals surface area contributed by atoms with Gasteiger partial charge < -0.3 is 9.67 Å². The number of aromatic nitrogens is 1. The summed E-state index contributed by atoms with van der Waals surface area (Å²) in [6.07, 6.45) is 1.55. The molecule has 1 heterocycles. The molecule has 3 rings (SSSR count). The van der Waals surface area contributed by atoms with Gasteiger partial charge in [-0.15, -0.1) is 0 Å². The third-order valence-electron chi connectivity index (χ3n) is 3.71. The first-order valence-electron chi connectivity index (χ1n) is 6.83. The van der Waals surface area contributed by atoms with Crippen molar-refractivity contribution in [3.63, 3.8) is 0 Å². The van der Waals surface area contributed by atoms with Crippen LogP contribution in [-0.4, -0.2) is 15.6 Å². The van der Waals surface area contributed by atoms with E-state index in [9.17, 15) is 18.7 Å². The molecule has 0 bridgehead atoms. The topological polar surface area (TPSA) is 42.2 Å². The minimum Gasteiger partial charge on any atom is -0.478 e. The van der Waals surface area contributed by atoms with Gasteiger partial charge in [-0.1, -0.05) is 18.2 Å². The van der Waals surface area contributed by atoms with Crippen molar-refractivity contribution < 1.29 is 18.7 Å². The number of rotatable bonds is 3. The first kappa shape index (κ1) is 14.3. The van der Waals surface area contributed by atoms with E-state index in [1.807, 2.05) is 11.5 Å². The molecule has 0 atom stereocenters. The fourth-order valence-corrected chi connectivity index (χ4v) is 2.62. The van der Waals surface area contributed by atoms with Gasteiger partial charge in [0, 0.05) is 29.2 Å². The SMILES string of the molecule is CCn1cc(C(=O)O)c2cc(-c3cccc(F)c3F)ccc21. The van der Waals surface area contributed by atoms with Crippen molar-refractivity contribution >= 4 is 16.9 Å². The van der Waals surface area contributed by atoms with Gasteiger partial charge in [0.05, 0.1) is 5.56 Å². The summed E-state index contributed by atoms with van der Waals surface area (Å²) in [4.78, 5) is 11.4. The average molecular weight is 301 g/mol. The van der Waals surface area contributed by atoms with Gasteiger partial charge in [0.25, 0.3) is 0 Å². The quantitative estimate of drug-likeness (QED) is 0.783. The number of aromatic carboxylic acids is 1. The van der Waals surface area contributed by atoms with Crippen LogP contribution >= 0.6 is 0 Å². The van der Waals surface area contributed by atoms with E-state index in [-0.39, 0.29) is 11.1 Å². The number of nitrogens with zero attached hydrogens (tertiary/aromatic N) is 1. The Morgan fingerprint density at radius 3 is 2.68 bits per heavy atom. The van der Waals surface area contributed by atoms with Crippen LogP contribution in [0.1, 0.15) is 17.3 Å². The van der Waals surface area contributed by atoms with Crippen molar-refractivity contribution in [2.45, 2.75) is 13.5 Å². The Hall–Kier alpha value is -2.69. The van der Waals surface area contributed by atoms with Crippen LogP contribution in [0.25, 0.3) is 22.0 Å². The lowest BCUT2D eigenvalue weighted by Gasteiger charge is -2.06. The number of hydrogen-bond acceptors (Lipinski definition) is 1. The number of aryl methyl sites for hydroxylation is 1. The largest absolute Gasteiger partial charge is 0.478 e. The minimum atomic E-state index is -1.05. The Morgan fingerprint density at radius 2 is 2.00 bits per heavy atom. The van der Waals surface area contributed by atoms with Gasteiger partial charge in [0.2, 0.25) is 0 Å². The van der Waals surface area contributed by atoms with Gasteiger partial charge in [-0.25, -0.2) is 13.6 Å². The predicted molar refractivity (Wildman–Crippen MR) is 79.9 cm³/mol. The molecule has 0 fully saturated rings. The first-order chi connectivity index (χ1) is 10.5. The zero-order valence-corrected chi connectivity index (χ0v) is 11.8. The molecule has 0 amide bonds. The van der Waals surface area contributed by atoms with E-state index >= 15 is 0 Å². The normalized spacial score (nSPS) is 11.0. The maximum absolute atomic E-state index is 13.9. The van der Waals surface area contributed by atoms with Crippen molar-refractivity contribution in [3.05, 3.63) is 59.8 Å². The molecule has 0 aliphatic rings. The lowest BCUT2D eigenvalue weighted by molar-refractivity contribution is 0.0699. The van der Waals surface area contributed by atoms with E-state index in [4.69, 9.17) is 0 Å². The van der Waals surface area contributed by atoms with Crippen molar-refractivity contribution in [1.82, 2.24) is 4.57 Å². The summed E-state index contributed by atoms with van der Waals surface area (Å²) in [5, 5.41) is 9.81. The molecule has 1 N–H and O–H groups in total. The fourth-order valence-electron chi connectivity index (χ4n) is 2.62. The molecule has 3 aromatic rings. The smallest absolute Gasteiger partial charge is 0.337 e. The van der Waals surface area contributed by atoms with Gasteiger partial charge in [-0.2, -0.15) is 0 Å². The summed E-state index contributed by atoms with van der Waals surface area (Å²) in [7, 11) is 0. The Balaban J connectivity index is 2.27. The number of carboxylic acids is 1. The standard InChI is InChI=1S/C17H13F2NO2/c1-2-20-9-13(17(21)22)12-8-10(6-7-15(12)20)11-4-3-5-14(18)16(11)19/h3-9H,2H2,1H3,(H,21,22). The number of benzene rings is 2. The van der Waals surface area contributed by atoms with E-state index in [1.165, 1.54) is 12.1 Å². The number of carbonyl (C=O) groups is 1. The van der Waals surface area contributed by atoms with Crippen molar-refractivity contribution in [3.8, 4) is 11.1 Å². The molecular weight excluding hydrogens is 288 g/mol. The van der Waals surface area contributed by atoms with Gasteiger partial charge in [-0.3, -0.25) is 0 Å². The van der Waals surface area contributed by atoms with Crippen LogP contribution in [-0.2, 0) is 6.54 Å². The van der Waals surface area contributed by atoms with Gasteiger partial charge >= 0.3 is 5.97 Å². The highest BCUT2D eigenvalue weighted by atomic mass is 19.2. The van der Waals surface area contributed by atoms with Crippen LogP contribution in [0, 0.1) is 11.6 Å². The van der Waals surface area contributed by atoms with E-state index in [0.717, 1.165) is 11.6 Å². The van der Waals surface area contributed by atoms with E-state index in [1.54, 1.807) is 24.4 Å². The third kappa shape index (κ3) is 2.15. The number of hydrogen-bond donors (Lipinski definition) is 1. The van der Waals surface area contributed by atoms with Crippen molar-refractivity contribution in [1.29, 1.82) is 0 Å². The number of carboxylic acid groups (broad SMARTS) is 1. The van der Waals surface area contributed by atoms with E-state index in [2.05, 4.69) is 0 Å². The zero-order chi connectivity index (χ0) is 15.9. The molecule has 0 aliphatic carbocycles. The summed E-state index contributed by atoms with van der Waals surface area (Å²) in [5.74, 6) is -2.91. The lowest BCUT2D eigenvalue weighted by atomic mass is 10.0. The maximum atomic E-state index is 13.9. The average Bonchev–Trinajstić information content (AvgIpc) is 2.88. The van der Waals surface area contributed by atoms with Gasteiger partial charge in [0.1, 0.15) is 0 Å². The van der Waals surface area contributed by atoms with Crippen LogP contribution in [0.4, 0.5) is 8.78 Å². The zero-order valence-electron chi connectivity index (χ0n) is 11.8. The number of fused-ring (bicyclic) bond motifs is 1. The second-order valence-electron chi connectivity index (χ2n) is 4.97. The summed E-state index contributed by atoms with van der Waals surface area (Å²) in [6, 6.07) is 8.92. The minimum absolute atomic E-state index is 0.113. The van der Waals surface area contributed by atoms with Crippen LogP contribution in [0.15, 0.2) is 42.6 Å². The summed E-state index contributed by atoms with van der Waals surface area (Å²) < 4.78 is 29.1. The fraction of sp³-hybridized carbons (Fsp3) is 0.118. The molecule has 22 heavy (non-hydrogen) atoms. The molecule has 0 unspecified atom stereocenters. The monoisotopic (exact) mass is 301 g/mol. The van der Waals surface area contributed by atoms with Crippen molar-refractivity contribution in [2.75, 3.05) is 0 Å². The molecule has 0 spiro atoms. The molecule has 3 nitrogen and oxygen atoms in total. The Kier molecular flexibility index (Phi) is 3.41. The Morgan fingerprint density at radius 1 is 1.23 bits per heavy atom. The summed E-state index contributed by atoms with van der Waals surface area (Å²) >= 11 is 0. The van der Waals surface area contributed by atoms with Crippen molar-refractivity contribution in [2.24, 2.45) is 0 Å². The third-order valence-corrected chi connectivity index (χ3v) is 3.71. The molecule has 2 aromatic carbocycles. The maximum Gasteiger partial charge on any atom is 0.337 e. The Bertz CT molecular complexity index is 884. The highest BCUT2D eigenvalue weighted by molar-refractivity contribution is 6.04. The lowest BCUT2D eigenvalue weighted by Crippen LogP contribution is -1.95. The van der Waals surface area contributed by atoms with Gasteiger partial charge in [-0.05, 0) is 30.7 Å². The molecule has 0 saturated heterocycles. The second-order valence-corrected chi connectivity index (χ2v) is 4.97. The first-order valence-corrected chi connectivity index (χ1v) is 6.83. The molecular formula is C17H13F2NO2. The molecule has 112 valence electrons. The Labute approximate surface area is 125 Å². The van der Waals surface area contributed by atoms with Crippen LogP contribution in [0.2, 0.25) is 0 Å². The molecule has 5 heteroatoms. The highest BCUT2D eigenvalue weighted by Gasteiger charge is 2.16. The molecule has 0 aliphatic heterocycles. The predicted octanol–water partition coefficient (Wildman–Crippen LogP) is 4.30. The van der Waals surface area contributed by atoms with Crippen LogP contribution in [0.3, 0.4) is 0 Å². The second kappa shape index (κ2) is 5.26. The van der Waals surface area contributed by atoms with Gasteiger partial charge in [0.15, 0.2) is 11.6 Å². The van der Waals surface area contributed by atoms with E-state index < -0.39 is 17.6 Å². The summed E-state index contributed by atoms with van der Waals surface area (Å²) in [5.41, 5.74) is 1.46. The van der Waals surface area contributed by atoms with E-state index in [0.29, 0.717) is 17.5 Å². The highest BCUT2D eigenvalue weighted by Crippen LogP contribution is 2.30. The molecule has 0 saturated carbocycles. The van der Waals surface area contributed by atoms with Crippen LogP contribution < -0.4 is 0 Å². The molecule has 1 aromatic heterocycles. The van der Waals surface area contributed by atoms with Crippen LogP contribution in [0.5, 0.6) is 0 Å². The molecule has 0 radical (unpaired) electrons. The number of halogens is 2.